The van der Waals surface area contributed by atoms with Crippen LogP contribution >= 0.6 is 23.8 Å². The molecule has 1 aromatic carbocycles. The van der Waals surface area contributed by atoms with Crippen LogP contribution in [0.15, 0.2) is 30.6 Å². The number of hydrogen-bond acceptors (Lipinski definition) is 4. The van der Waals surface area contributed by atoms with Gasteiger partial charge < -0.3 is 15.3 Å². The quantitative estimate of drug-likeness (QED) is 0.648. The maximum Gasteiger partial charge on any atom is 0.176 e. The van der Waals surface area contributed by atoms with Crippen LogP contribution in [0.4, 0.5) is 5.82 Å². The van der Waals surface area contributed by atoms with E-state index in [0.717, 1.165) is 16.1 Å². The van der Waals surface area contributed by atoms with Crippen molar-refractivity contribution in [1.82, 2.24) is 19.9 Å². The van der Waals surface area contributed by atoms with E-state index in [0.29, 0.717) is 22.8 Å². The number of nitrogens with zero attached hydrogens (tertiary/aromatic N) is 2. The predicted molar refractivity (Wildman–Crippen MR) is 77.9 cm³/mol. The van der Waals surface area contributed by atoms with E-state index in [1.807, 2.05) is 24.3 Å². The Balaban J connectivity index is 1.85. The van der Waals surface area contributed by atoms with Gasteiger partial charge in [0.05, 0.1) is 0 Å². The van der Waals surface area contributed by atoms with Crippen molar-refractivity contribution < 1.29 is 0 Å². The van der Waals surface area contributed by atoms with E-state index in [1.165, 1.54) is 6.33 Å². The summed E-state index contributed by atoms with van der Waals surface area (Å²) in [4.78, 5) is 14.3. The van der Waals surface area contributed by atoms with Crippen LogP contribution in [0.2, 0.25) is 5.02 Å². The Bertz CT molecular complexity index is 762. The Kier molecular flexibility index (Phi) is 3.18. The molecule has 0 saturated carbocycles. The lowest BCUT2D eigenvalue weighted by atomic mass is 10.2. The second-order valence-electron chi connectivity index (χ2n) is 4.01. The minimum absolute atomic E-state index is 0.532. The molecule has 2 aromatic heterocycles. The van der Waals surface area contributed by atoms with E-state index in [4.69, 9.17) is 23.8 Å². The van der Waals surface area contributed by atoms with Crippen molar-refractivity contribution in [2.75, 3.05) is 5.32 Å². The molecule has 0 fully saturated rings. The third-order valence-corrected chi connectivity index (χ3v) is 3.15. The Morgan fingerprint density at radius 3 is 2.74 bits per heavy atom. The highest BCUT2D eigenvalue weighted by molar-refractivity contribution is 7.71. The molecule has 0 saturated heterocycles. The van der Waals surface area contributed by atoms with E-state index in [-0.39, 0.29) is 0 Å². The lowest BCUT2D eigenvalue weighted by molar-refractivity contribution is 1.10. The maximum atomic E-state index is 5.85. The fourth-order valence-electron chi connectivity index (χ4n) is 1.77. The van der Waals surface area contributed by atoms with Gasteiger partial charge in [-0.05, 0) is 29.9 Å². The summed E-state index contributed by atoms with van der Waals surface area (Å²) in [5.41, 5.74) is 2.59. The highest BCUT2D eigenvalue weighted by atomic mass is 35.5. The number of aromatic amines is 2. The Hall–Kier alpha value is -1.92. The van der Waals surface area contributed by atoms with E-state index in [9.17, 15) is 0 Å². The predicted octanol–water partition coefficient (Wildman–Crippen LogP) is 3.28. The average molecular weight is 292 g/mol. The fraction of sp³-hybridized carbons (Fsp3) is 0.0833. The third-order valence-electron chi connectivity index (χ3n) is 2.69. The Labute approximate surface area is 119 Å². The van der Waals surface area contributed by atoms with Crippen molar-refractivity contribution >= 4 is 40.8 Å². The first-order valence-corrected chi connectivity index (χ1v) is 6.42. The van der Waals surface area contributed by atoms with Gasteiger partial charge in [-0.15, -0.1) is 0 Å². The first kappa shape index (κ1) is 12.1. The number of fused-ring (bicyclic) bond motifs is 1. The smallest absolute Gasteiger partial charge is 0.176 e. The Morgan fingerprint density at radius 2 is 1.95 bits per heavy atom. The summed E-state index contributed by atoms with van der Waals surface area (Å²) >= 11 is 10.9. The number of halogens is 1. The van der Waals surface area contributed by atoms with Gasteiger partial charge in [-0.2, -0.15) is 0 Å². The SMILES string of the molecule is S=c1[nH]c2ncnc(NCc3ccc(Cl)cc3)c2[nH]1. The van der Waals surface area contributed by atoms with E-state index >= 15 is 0 Å². The number of benzene rings is 1. The molecule has 0 amide bonds. The van der Waals surface area contributed by atoms with Gasteiger partial charge in [0.25, 0.3) is 0 Å². The minimum Gasteiger partial charge on any atom is -0.364 e. The molecule has 5 nitrogen and oxygen atoms in total. The lowest BCUT2D eigenvalue weighted by Crippen LogP contribution is -2.02. The fourth-order valence-corrected chi connectivity index (χ4v) is 2.10. The summed E-state index contributed by atoms with van der Waals surface area (Å²) in [7, 11) is 0. The van der Waals surface area contributed by atoms with E-state index in [2.05, 4.69) is 25.3 Å². The van der Waals surface area contributed by atoms with E-state index < -0.39 is 0 Å². The summed E-state index contributed by atoms with van der Waals surface area (Å²) in [6.07, 6.45) is 1.49. The molecule has 0 atom stereocenters. The average Bonchev–Trinajstić information content (AvgIpc) is 2.79. The molecule has 7 heteroatoms. The zero-order valence-corrected chi connectivity index (χ0v) is 11.3. The van der Waals surface area contributed by atoms with Crippen LogP contribution in [0, 0.1) is 4.77 Å². The number of imidazole rings is 1. The molecular formula is C12H10ClN5S. The van der Waals surface area contributed by atoms with Gasteiger partial charge in [-0.3, -0.25) is 0 Å². The number of nitrogens with one attached hydrogen (secondary N) is 3. The van der Waals surface area contributed by atoms with Crippen molar-refractivity contribution in [3.05, 3.63) is 45.9 Å². The molecule has 3 N–H and O–H groups in total. The molecule has 0 aliphatic carbocycles. The number of aromatic nitrogens is 4. The molecule has 0 aliphatic heterocycles. The normalized spacial score (nSPS) is 10.8. The van der Waals surface area contributed by atoms with Gasteiger partial charge >= 0.3 is 0 Å². The van der Waals surface area contributed by atoms with Crippen LogP contribution in [-0.2, 0) is 6.54 Å². The molecule has 96 valence electrons. The van der Waals surface area contributed by atoms with Gasteiger partial charge in [0, 0.05) is 11.6 Å². The zero-order valence-electron chi connectivity index (χ0n) is 9.77. The number of anilines is 1. The molecule has 3 rings (SSSR count). The van der Waals surface area contributed by atoms with Crippen molar-refractivity contribution in [2.45, 2.75) is 6.54 Å². The summed E-state index contributed by atoms with van der Waals surface area (Å²) in [5.74, 6) is 0.715. The van der Waals surface area contributed by atoms with Crippen LogP contribution in [0.5, 0.6) is 0 Å². The topological polar surface area (TPSA) is 69.4 Å². The summed E-state index contributed by atoms with van der Waals surface area (Å²) in [6.45, 7) is 0.648. The molecule has 0 bridgehead atoms. The lowest BCUT2D eigenvalue weighted by Gasteiger charge is -2.06. The molecule has 0 aliphatic rings. The minimum atomic E-state index is 0.532. The zero-order chi connectivity index (χ0) is 13.2. The Morgan fingerprint density at radius 1 is 1.16 bits per heavy atom. The largest absolute Gasteiger partial charge is 0.364 e. The second kappa shape index (κ2) is 4.99. The van der Waals surface area contributed by atoms with Gasteiger partial charge in [0.2, 0.25) is 0 Å². The van der Waals surface area contributed by atoms with Crippen molar-refractivity contribution in [3.8, 4) is 0 Å². The van der Waals surface area contributed by atoms with Crippen LogP contribution < -0.4 is 5.32 Å². The van der Waals surface area contributed by atoms with Crippen molar-refractivity contribution in [1.29, 1.82) is 0 Å². The number of H-pyrrole nitrogens is 2. The van der Waals surface area contributed by atoms with Crippen LogP contribution in [-0.4, -0.2) is 19.9 Å². The molecule has 2 heterocycles. The van der Waals surface area contributed by atoms with Gasteiger partial charge in [0.1, 0.15) is 11.8 Å². The molecule has 19 heavy (non-hydrogen) atoms. The summed E-state index contributed by atoms with van der Waals surface area (Å²) in [6, 6.07) is 7.65. The molecular weight excluding hydrogens is 282 g/mol. The maximum absolute atomic E-state index is 5.85. The van der Waals surface area contributed by atoms with Gasteiger partial charge in [0.15, 0.2) is 16.2 Å². The highest BCUT2D eigenvalue weighted by Crippen LogP contribution is 2.16. The van der Waals surface area contributed by atoms with Gasteiger partial charge in [-0.1, -0.05) is 23.7 Å². The van der Waals surface area contributed by atoms with E-state index in [1.54, 1.807) is 0 Å². The number of rotatable bonds is 3. The first-order valence-electron chi connectivity index (χ1n) is 5.64. The summed E-state index contributed by atoms with van der Waals surface area (Å²) < 4.78 is 0.532. The first-order chi connectivity index (χ1) is 9.22. The third kappa shape index (κ3) is 2.59. The number of hydrogen-bond donors (Lipinski definition) is 3. The van der Waals surface area contributed by atoms with Crippen LogP contribution in [0.25, 0.3) is 11.2 Å². The standard InChI is InChI=1S/C12H10ClN5S/c13-8-3-1-7(2-4-8)5-14-10-9-11(16-6-15-10)18-12(19)17-9/h1-4,6H,5H2,(H3,14,15,16,17,18,19). The second-order valence-corrected chi connectivity index (χ2v) is 4.85. The molecule has 3 aromatic rings. The highest BCUT2D eigenvalue weighted by Gasteiger charge is 2.05. The molecule has 0 spiro atoms. The van der Waals surface area contributed by atoms with Crippen LogP contribution in [0.3, 0.4) is 0 Å². The molecule has 0 radical (unpaired) electrons. The van der Waals surface area contributed by atoms with Crippen molar-refractivity contribution in [3.63, 3.8) is 0 Å². The summed E-state index contributed by atoms with van der Waals surface area (Å²) in [5, 5.41) is 3.97. The van der Waals surface area contributed by atoms with Gasteiger partial charge in [-0.25, -0.2) is 9.97 Å². The monoisotopic (exact) mass is 291 g/mol. The van der Waals surface area contributed by atoms with Crippen molar-refractivity contribution in [2.24, 2.45) is 0 Å². The van der Waals surface area contributed by atoms with Crippen LogP contribution in [0.1, 0.15) is 5.56 Å². The molecule has 0 unspecified atom stereocenters.